The SMILES string of the molecule is NC(=O)[CH]C1CCN(Cc2ccccc2)CC1. The molecule has 1 aliphatic heterocycles. The first-order chi connectivity index (χ1) is 8.24. The summed E-state index contributed by atoms with van der Waals surface area (Å²) in [5, 5.41) is 0. The number of amides is 1. The van der Waals surface area contributed by atoms with Crippen molar-refractivity contribution in [3.63, 3.8) is 0 Å². The standard InChI is InChI=1S/C14H19N2O/c15-14(17)10-12-6-8-16(9-7-12)11-13-4-2-1-3-5-13/h1-5,10,12H,6-9,11H2,(H2,15,17). The predicted molar refractivity (Wildman–Crippen MR) is 67.9 cm³/mol. The van der Waals surface area contributed by atoms with Crippen molar-refractivity contribution < 1.29 is 4.79 Å². The van der Waals surface area contributed by atoms with Crippen molar-refractivity contribution in [2.75, 3.05) is 13.1 Å². The van der Waals surface area contributed by atoms with Gasteiger partial charge in [0.2, 0.25) is 5.91 Å². The summed E-state index contributed by atoms with van der Waals surface area (Å²) in [4.78, 5) is 13.2. The van der Waals surface area contributed by atoms with E-state index in [0.29, 0.717) is 5.92 Å². The van der Waals surface area contributed by atoms with Gasteiger partial charge >= 0.3 is 0 Å². The summed E-state index contributed by atoms with van der Waals surface area (Å²) < 4.78 is 0. The van der Waals surface area contributed by atoms with Crippen molar-refractivity contribution in [1.82, 2.24) is 4.90 Å². The molecule has 0 spiro atoms. The smallest absolute Gasteiger partial charge is 0.221 e. The quantitative estimate of drug-likeness (QED) is 0.855. The molecule has 0 saturated carbocycles. The third-order valence-electron chi connectivity index (χ3n) is 3.28. The second-order valence-electron chi connectivity index (χ2n) is 4.67. The molecule has 3 heteroatoms. The number of nitrogens with two attached hydrogens (primary N) is 1. The zero-order valence-corrected chi connectivity index (χ0v) is 10.0. The monoisotopic (exact) mass is 231 g/mol. The number of hydrogen-bond donors (Lipinski definition) is 1. The fourth-order valence-electron chi connectivity index (χ4n) is 2.35. The normalized spacial score (nSPS) is 18.1. The van der Waals surface area contributed by atoms with Crippen LogP contribution in [0.5, 0.6) is 0 Å². The van der Waals surface area contributed by atoms with E-state index < -0.39 is 0 Å². The van der Waals surface area contributed by atoms with Crippen molar-refractivity contribution >= 4 is 5.91 Å². The Hall–Kier alpha value is -1.35. The number of piperidine rings is 1. The summed E-state index contributed by atoms with van der Waals surface area (Å²) in [6.07, 6.45) is 3.74. The van der Waals surface area contributed by atoms with Crippen molar-refractivity contribution in [2.45, 2.75) is 19.4 Å². The predicted octanol–water partition coefficient (Wildman–Crippen LogP) is 1.59. The molecule has 0 unspecified atom stereocenters. The number of benzene rings is 1. The minimum atomic E-state index is -0.286. The highest BCUT2D eigenvalue weighted by molar-refractivity contribution is 5.83. The largest absolute Gasteiger partial charge is 0.369 e. The van der Waals surface area contributed by atoms with E-state index in [4.69, 9.17) is 5.73 Å². The fourth-order valence-corrected chi connectivity index (χ4v) is 2.35. The van der Waals surface area contributed by atoms with Gasteiger partial charge in [-0.2, -0.15) is 0 Å². The first-order valence-electron chi connectivity index (χ1n) is 6.14. The summed E-state index contributed by atoms with van der Waals surface area (Å²) in [5.41, 5.74) is 6.53. The number of primary amides is 1. The second-order valence-corrected chi connectivity index (χ2v) is 4.67. The molecular formula is C14H19N2O. The third-order valence-corrected chi connectivity index (χ3v) is 3.28. The van der Waals surface area contributed by atoms with Crippen LogP contribution in [-0.2, 0) is 11.3 Å². The highest BCUT2D eigenvalue weighted by atomic mass is 16.1. The zero-order chi connectivity index (χ0) is 12.1. The van der Waals surface area contributed by atoms with E-state index in [9.17, 15) is 4.79 Å². The maximum absolute atomic E-state index is 10.8. The van der Waals surface area contributed by atoms with E-state index in [1.54, 1.807) is 6.42 Å². The second kappa shape index (κ2) is 5.82. The topological polar surface area (TPSA) is 46.3 Å². The van der Waals surface area contributed by atoms with Crippen molar-refractivity contribution in [3.8, 4) is 0 Å². The van der Waals surface area contributed by atoms with E-state index >= 15 is 0 Å². The van der Waals surface area contributed by atoms with Gasteiger partial charge in [-0.05, 0) is 37.4 Å². The zero-order valence-electron chi connectivity index (χ0n) is 10.0. The van der Waals surface area contributed by atoms with Gasteiger partial charge in [-0.15, -0.1) is 0 Å². The molecule has 17 heavy (non-hydrogen) atoms. The third kappa shape index (κ3) is 3.86. The molecule has 0 atom stereocenters. The Morgan fingerprint density at radius 3 is 2.53 bits per heavy atom. The van der Waals surface area contributed by atoms with Crippen molar-refractivity contribution in [1.29, 1.82) is 0 Å². The molecular weight excluding hydrogens is 212 g/mol. The first kappa shape index (κ1) is 12.1. The molecule has 1 fully saturated rings. The first-order valence-corrected chi connectivity index (χ1v) is 6.14. The summed E-state index contributed by atoms with van der Waals surface area (Å²) >= 11 is 0. The summed E-state index contributed by atoms with van der Waals surface area (Å²) in [6.45, 7) is 3.09. The number of carbonyl (C=O) groups excluding carboxylic acids is 1. The van der Waals surface area contributed by atoms with Crippen LogP contribution in [0.15, 0.2) is 30.3 Å². The lowest BCUT2D eigenvalue weighted by molar-refractivity contribution is -0.115. The summed E-state index contributed by atoms with van der Waals surface area (Å²) in [6, 6.07) is 10.5. The number of likely N-dealkylation sites (tertiary alicyclic amines) is 1. The van der Waals surface area contributed by atoms with Gasteiger partial charge in [-0.1, -0.05) is 30.3 Å². The molecule has 2 N–H and O–H groups in total. The average molecular weight is 231 g/mol. The summed E-state index contributed by atoms with van der Waals surface area (Å²) in [7, 11) is 0. The molecule has 91 valence electrons. The molecule has 1 aliphatic rings. The van der Waals surface area contributed by atoms with E-state index in [2.05, 4.69) is 29.2 Å². The molecule has 0 aliphatic carbocycles. The lowest BCUT2D eigenvalue weighted by Gasteiger charge is -2.31. The maximum atomic E-state index is 10.8. The molecule has 0 bridgehead atoms. The number of nitrogens with zero attached hydrogens (tertiary/aromatic N) is 1. The molecule has 3 nitrogen and oxygen atoms in total. The highest BCUT2D eigenvalue weighted by Crippen LogP contribution is 2.20. The van der Waals surface area contributed by atoms with Crippen LogP contribution in [0.2, 0.25) is 0 Å². The Morgan fingerprint density at radius 1 is 1.29 bits per heavy atom. The van der Waals surface area contributed by atoms with Gasteiger partial charge in [0, 0.05) is 6.54 Å². The maximum Gasteiger partial charge on any atom is 0.221 e. The molecule has 1 amide bonds. The summed E-state index contributed by atoms with van der Waals surface area (Å²) in [5.74, 6) is 0.0889. The van der Waals surface area contributed by atoms with Crippen LogP contribution < -0.4 is 5.73 Å². The van der Waals surface area contributed by atoms with Crippen LogP contribution in [0.4, 0.5) is 0 Å². The van der Waals surface area contributed by atoms with Gasteiger partial charge in [0.05, 0.1) is 6.42 Å². The van der Waals surface area contributed by atoms with Gasteiger partial charge < -0.3 is 5.73 Å². The van der Waals surface area contributed by atoms with Crippen LogP contribution in [0.1, 0.15) is 18.4 Å². The highest BCUT2D eigenvalue weighted by Gasteiger charge is 2.20. The van der Waals surface area contributed by atoms with Crippen LogP contribution in [0.25, 0.3) is 0 Å². The Bertz CT molecular complexity index is 356. The van der Waals surface area contributed by atoms with Gasteiger partial charge in [-0.3, -0.25) is 9.69 Å². The average Bonchev–Trinajstić information content (AvgIpc) is 2.32. The number of hydrogen-bond acceptors (Lipinski definition) is 2. The molecule has 1 aromatic carbocycles. The fraction of sp³-hybridized carbons (Fsp3) is 0.429. The Kier molecular flexibility index (Phi) is 4.15. The molecule has 1 radical (unpaired) electrons. The van der Waals surface area contributed by atoms with Crippen LogP contribution in [0.3, 0.4) is 0 Å². The molecule has 1 saturated heterocycles. The van der Waals surface area contributed by atoms with Gasteiger partial charge in [-0.25, -0.2) is 0 Å². The van der Waals surface area contributed by atoms with E-state index in [0.717, 1.165) is 32.5 Å². The van der Waals surface area contributed by atoms with Gasteiger partial charge in [0.15, 0.2) is 0 Å². The minimum absolute atomic E-state index is 0.286. The lowest BCUT2D eigenvalue weighted by Crippen LogP contribution is -2.34. The number of rotatable bonds is 4. The minimum Gasteiger partial charge on any atom is -0.369 e. The molecule has 1 aromatic rings. The van der Waals surface area contributed by atoms with Gasteiger partial charge in [0.1, 0.15) is 0 Å². The van der Waals surface area contributed by atoms with Crippen molar-refractivity contribution in [3.05, 3.63) is 42.3 Å². The molecule has 1 heterocycles. The Labute approximate surface area is 103 Å². The van der Waals surface area contributed by atoms with Crippen LogP contribution in [-0.4, -0.2) is 23.9 Å². The molecule has 2 rings (SSSR count). The van der Waals surface area contributed by atoms with E-state index in [-0.39, 0.29) is 5.91 Å². The van der Waals surface area contributed by atoms with Gasteiger partial charge in [0.25, 0.3) is 0 Å². The lowest BCUT2D eigenvalue weighted by atomic mass is 9.93. The van der Waals surface area contributed by atoms with E-state index in [1.165, 1.54) is 5.56 Å². The Morgan fingerprint density at radius 2 is 1.94 bits per heavy atom. The van der Waals surface area contributed by atoms with Crippen LogP contribution >= 0.6 is 0 Å². The Balaban J connectivity index is 1.78. The molecule has 0 aromatic heterocycles. The van der Waals surface area contributed by atoms with E-state index in [1.807, 2.05) is 6.07 Å². The number of carbonyl (C=O) groups is 1. The van der Waals surface area contributed by atoms with Crippen LogP contribution in [0, 0.1) is 12.3 Å². The van der Waals surface area contributed by atoms with Crippen molar-refractivity contribution in [2.24, 2.45) is 11.7 Å².